The minimum atomic E-state index is 0.352. The zero-order chi connectivity index (χ0) is 13.8. The molecule has 1 saturated heterocycles. The molecule has 2 aliphatic rings. The van der Waals surface area contributed by atoms with Crippen molar-refractivity contribution in [2.24, 2.45) is 0 Å². The molecule has 2 nitrogen and oxygen atoms in total. The first-order valence-electron chi connectivity index (χ1n) is 8.35. The topological polar surface area (TPSA) is 21.3 Å². The zero-order valence-electron chi connectivity index (χ0n) is 12.7. The number of hydrogen-bond donors (Lipinski definition) is 1. The lowest BCUT2D eigenvalue weighted by Gasteiger charge is -2.32. The van der Waals surface area contributed by atoms with E-state index in [0.717, 1.165) is 13.2 Å². The lowest BCUT2D eigenvalue weighted by Crippen LogP contribution is -2.36. The van der Waals surface area contributed by atoms with Gasteiger partial charge in [-0.3, -0.25) is 0 Å². The molecule has 3 rings (SSSR count). The summed E-state index contributed by atoms with van der Waals surface area (Å²) >= 11 is 0. The fourth-order valence-corrected chi connectivity index (χ4v) is 3.66. The van der Waals surface area contributed by atoms with Crippen LogP contribution in [0.2, 0.25) is 0 Å². The number of rotatable bonds is 4. The smallest absolute Gasteiger partial charge is 0.0769 e. The molecule has 1 fully saturated rings. The lowest BCUT2D eigenvalue weighted by molar-refractivity contribution is -0.00788. The standard InChI is InChI=1S/C18H27NO/c1-2-19-18(17-9-5-6-12-20-17)16-11-10-14-7-3-4-8-15(14)13-16/h10-11,13,17-19H,2-9,12H2,1H3. The van der Waals surface area contributed by atoms with Gasteiger partial charge in [0.25, 0.3) is 0 Å². The molecule has 20 heavy (non-hydrogen) atoms. The summed E-state index contributed by atoms with van der Waals surface area (Å²) in [6.45, 7) is 4.12. The van der Waals surface area contributed by atoms with Gasteiger partial charge >= 0.3 is 0 Å². The Balaban J connectivity index is 1.82. The number of likely N-dealkylation sites (N-methyl/N-ethyl adjacent to an activating group) is 1. The third-order valence-corrected chi connectivity index (χ3v) is 4.74. The molecule has 1 aliphatic carbocycles. The van der Waals surface area contributed by atoms with Crippen LogP contribution in [0.1, 0.15) is 61.8 Å². The van der Waals surface area contributed by atoms with Crippen molar-refractivity contribution >= 4 is 0 Å². The summed E-state index contributed by atoms with van der Waals surface area (Å²) in [6, 6.07) is 7.50. The molecule has 2 unspecified atom stereocenters. The first-order chi connectivity index (χ1) is 9.88. The van der Waals surface area contributed by atoms with Gasteiger partial charge in [-0.2, -0.15) is 0 Å². The maximum absolute atomic E-state index is 6.03. The van der Waals surface area contributed by atoms with Crippen molar-refractivity contribution in [1.82, 2.24) is 5.32 Å². The minimum Gasteiger partial charge on any atom is -0.376 e. The maximum atomic E-state index is 6.03. The molecule has 2 atom stereocenters. The second-order valence-electron chi connectivity index (χ2n) is 6.18. The number of ether oxygens (including phenoxy) is 1. The Morgan fingerprint density at radius 2 is 2.00 bits per heavy atom. The predicted octanol–water partition coefficient (Wildman–Crippen LogP) is 3.79. The Bertz CT molecular complexity index is 437. The van der Waals surface area contributed by atoms with E-state index in [0.29, 0.717) is 12.1 Å². The molecule has 1 aliphatic heterocycles. The SMILES string of the molecule is CCNC(c1ccc2c(c1)CCCC2)C1CCCCO1. The van der Waals surface area contributed by atoms with Crippen LogP contribution in [-0.2, 0) is 17.6 Å². The molecule has 2 heteroatoms. The van der Waals surface area contributed by atoms with Crippen molar-refractivity contribution in [2.45, 2.75) is 64.0 Å². The van der Waals surface area contributed by atoms with Gasteiger partial charge in [-0.25, -0.2) is 0 Å². The van der Waals surface area contributed by atoms with Crippen molar-refractivity contribution in [3.63, 3.8) is 0 Å². The summed E-state index contributed by atoms with van der Waals surface area (Å²) in [5.41, 5.74) is 4.58. The third kappa shape index (κ3) is 3.07. The van der Waals surface area contributed by atoms with Crippen molar-refractivity contribution < 1.29 is 4.74 Å². The molecule has 1 aromatic carbocycles. The molecule has 0 bridgehead atoms. The fraction of sp³-hybridized carbons (Fsp3) is 0.667. The Morgan fingerprint density at radius 1 is 1.15 bits per heavy atom. The highest BCUT2D eigenvalue weighted by Gasteiger charge is 2.26. The van der Waals surface area contributed by atoms with Crippen LogP contribution in [0.25, 0.3) is 0 Å². The zero-order valence-corrected chi connectivity index (χ0v) is 12.7. The van der Waals surface area contributed by atoms with Gasteiger partial charge < -0.3 is 10.1 Å². The number of hydrogen-bond acceptors (Lipinski definition) is 2. The van der Waals surface area contributed by atoms with Crippen LogP contribution in [-0.4, -0.2) is 19.3 Å². The summed E-state index contributed by atoms with van der Waals surface area (Å²) in [5, 5.41) is 3.65. The third-order valence-electron chi connectivity index (χ3n) is 4.74. The molecular weight excluding hydrogens is 246 g/mol. The average molecular weight is 273 g/mol. The Morgan fingerprint density at radius 3 is 2.75 bits per heavy atom. The van der Waals surface area contributed by atoms with E-state index in [1.807, 2.05) is 0 Å². The van der Waals surface area contributed by atoms with Gasteiger partial charge in [0.1, 0.15) is 0 Å². The van der Waals surface area contributed by atoms with Crippen LogP contribution in [0, 0.1) is 0 Å². The van der Waals surface area contributed by atoms with E-state index < -0.39 is 0 Å². The van der Waals surface area contributed by atoms with Crippen LogP contribution in [0.4, 0.5) is 0 Å². The normalized spacial score (nSPS) is 24.1. The monoisotopic (exact) mass is 273 g/mol. The molecule has 0 amide bonds. The van der Waals surface area contributed by atoms with Crippen molar-refractivity contribution in [3.8, 4) is 0 Å². The van der Waals surface area contributed by atoms with Gasteiger partial charge in [0.05, 0.1) is 12.1 Å². The van der Waals surface area contributed by atoms with Gasteiger partial charge in [-0.1, -0.05) is 25.1 Å². The Labute approximate surface area is 122 Å². The first kappa shape index (κ1) is 14.1. The number of aryl methyl sites for hydroxylation is 2. The van der Waals surface area contributed by atoms with Crippen LogP contribution in [0.5, 0.6) is 0 Å². The molecule has 0 aromatic heterocycles. The maximum Gasteiger partial charge on any atom is 0.0769 e. The highest BCUT2D eigenvalue weighted by atomic mass is 16.5. The van der Waals surface area contributed by atoms with E-state index in [9.17, 15) is 0 Å². The van der Waals surface area contributed by atoms with Gasteiger partial charge in [-0.05, 0) is 68.2 Å². The van der Waals surface area contributed by atoms with Gasteiger partial charge in [-0.15, -0.1) is 0 Å². The lowest BCUT2D eigenvalue weighted by atomic mass is 9.87. The second kappa shape index (κ2) is 6.73. The molecule has 1 aromatic rings. The largest absolute Gasteiger partial charge is 0.376 e. The van der Waals surface area contributed by atoms with Crippen LogP contribution in [0.3, 0.4) is 0 Å². The first-order valence-corrected chi connectivity index (χ1v) is 8.35. The molecule has 1 heterocycles. The summed E-state index contributed by atoms with van der Waals surface area (Å²) in [6.07, 6.45) is 9.29. The summed E-state index contributed by atoms with van der Waals surface area (Å²) in [7, 11) is 0. The second-order valence-corrected chi connectivity index (χ2v) is 6.18. The van der Waals surface area contributed by atoms with Crippen LogP contribution >= 0.6 is 0 Å². The average Bonchev–Trinajstić information content (AvgIpc) is 2.53. The predicted molar refractivity (Wildman–Crippen MR) is 83.1 cm³/mol. The molecule has 0 spiro atoms. The molecule has 0 saturated carbocycles. The van der Waals surface area contributed by atoms with E-state index in [2.05, 4.69) is 30.4 Å². The summed E-state index contributed by atoms with van der Waals surface area (Å²) < 4.78 is 6.03. The molecule has 1 N–H and O–H groups in total. The molecule has 110 valence electrons. The van der Waals surface area contributed by atoms with Gasteiger partial charge in [0.2, 0.25) is 0 Å². The van der Waals surface area contributed by atoms with E-state index >= 15 is 0 Å². The van der Waals surface area contributed by atoms with E-state index in [1.54, 1.807) is 11.1 Å². The van der Waals surface area contributed by atoms with Crippen molar-refractivity contribution in [3.05, 3.63) is 34.9 Å². The Hall–Kier alpha value is -0.860. The molecular formula is C18H27NO. The molecule has 0 radical (unpaired) electrons. The van der Waals surface area contributed by atoms with Crippen molar-refractivity contribution in [1.29, 1.82) is 0 Å². The Kier molecular flexibility index (Phi) is 4.74. The minimum absolute atomic E-state index is 0.352. The number of benzene rings is 1. The highest BCUT2D eigenvalue weighted by molar-refractivity contribution is 5.35. The summed E-state index contributed by atoms with van der Waals surface area (Å²) in [5.74, 6) is 0. The highest BCUT2D eigenvalue weighted by Crippen LogP contribution is 2.30. The van der Waals surface area contributed by atoms with Crippen LogP contribution in [0.15, 0.2) is 18.2 Å². The van der Waals surface area contributed by atoms with Gasteiger partial charge in [0, 0.05) is 6.61 Å². The van der Waals surface area contributed by atoms with Crippen molar-refractivity contribution in [2.75, 3.05) is 13.2 Å². The quantitative estimate of drug-likeness (QED) is 0.901. The van der Waals surface area contributed by atoms with E-state index in [1.165, 1.54) is 50.5 Å². The number of fused-ring (bicyclic) bond motifs is 1. The van der Waals surface area contributed by atoms with Crippen LogP contribution < -0.4 is 5.32 Å². The van der Waals surface area contributed by atoms with E-state index in [4.69, 9.17) is 4.74 Å². The summed E-state index contributed by atoms with van der Waals surface area (Å²) in [4.78, 5) is 0. The van der Waals surface area contributed by atoms with Gasteiger partial charge in [0.15, 0.2) is 0 Å². The fourth-order valence-electron chi connectivity index (χ4n) is 3.66. The number of nitrogens with one attached hydrogen (secondary N) is 1. The van der Waals surface area contributed by atoms with E-state index in [-0.39, 0.29) is 0 Å².